The van der Waals surface area contributed by atoms with E-state index in [-0.39, 0.29) is 12.2 Å². The Morgan fingerprint density at radius 1 is 1.42 bits per heavy atom. The van der Waals surface area contributed by atoms with Crippen LogP contribution in [0.25, 0.3) is 0 Å². The van der Waals surface area contributed by atoms with Gasteiger partial charge in [-0.15, -0.1) is 11.3 Å². The van der Waals surface area contributed by atoms with Gasteiger partial charge in [0.25, 0.3) is 0 Å². The van der Waals surface area contributed by atoms with Gasteiger partial charge in [-0.05, 0) is 26.2 Å². The fourth-order valence-electron chi connectivity index (χ4n) is 2.54. The third kappa shape index (κ3) is 3.27. The molecule has 1 aliphatic rings. The SMILES string of the molecule is CCC(C)c1nc(N2CC(C)OC(C)C2)sc1CN. The van der Waals surface area contributed by atoms with Gasteiger partial charge < -0.3 is 15.4 Å². The summed E-state index contributed by atoms with van der Waals surface area (Å²) in [6, 6.07) is 0. The van der Waals surface area contributed by atoms with E-state index in [0.29, 0.717) is 12.5 Å². The van der Waals surface area contributed by atoms with Crippen molar-refractivity contribution in [2.24, 2.45) is 5.73 Å². The van der Waals surface area contributed by atoms with Crippen molar-refractivity contribution in [1.29, 1.82) is 0 Å². The van der Waals surface area contributed by atoms with Gasteiger partial charge in [0.2, 0.25) is 0 Å². The molecule has 0 spiro atoms. The van der Waals surface area contributed by atoms with Gasteiger partial charge >= 0.3 is 0 Å². The van der Waals surface area contributed by atoms with Crippen LogP contribution >= 0.6 is 11.3 Å². The second kappa shape index (κ2) is 6.20. The Labute approximate surface area is 120 Å². The third-order valence-electron chi connectivity index (χ3n) is 3.67. The Balaban J connectivity index is 2.22. The molecule has 19 heavy (non-hydrogen) atoms. The second-order valence-corrected chi connectivity index (χ2v) is 6.54. The van der Waals surface area contributed by atoms with Crippen LogP contribution in [0.1, 0.15) is 50.6 Å². The molecule has 0 saturated carbocycles. The summed E-state index contributed by atoms with van der Waals surface area (Å²) in [7, 11) is 0. The van der Waals surface area contributed by atoms with E-state index in [1.807, 2.05) is 0 Å². The first-order valence-corrected chi connectivity index (χ1v) is 7.96. The average molecular weight is 283 g/mol. The molecule has 2 N–H and O–H groups in total. The Hall–Kier alpha value is -0.650. The molecule has 4 nitrogen and oxygen atoms in total. The number of ether oxygens (including phenoxy) is 1. The zero-order valence-corrected chi connectivity index (χ0v) is 13.2. The standard InChI is InChI=1S/C14H25N3OS/c1-5-9(2)13-12(6-15)19-14(16-13)17-7-10(3)18-11(4)8-17/h9-11H,5-8,15H2,1-4H3. The fraction of sp³-hybridized carbons (Fsp3) is 0.786. The van der Waals surface area contributed by atoms with E-state index >= 15 is 0 Å². The van der Waals surface area contributed by atoms with E-state index < -0.39 is 0 Å². The molecular formula is C14H25N3OS. The number of aromatic nitrogens is 1. The minimum Gasteiger partial charge on any atom is -0.372 e. The van der Waals surface area contributed by atoms with Gasteiger partial charge in [0.15, 0.2) is 5.13 Å². The number of rotatable bonds is 4. The van der Waals surface area contributed by atoms with Crippen molar-refractivity contribution in [1.82, 2.24) is 4.98 Å². The van der Waals surface area contributed by atoms with Gasteiger partial charge in [-0.1, -0.05) is 13.8 Å². The highest BCUT2D eigenvalue weighted by atomic mass is 32.1. The van der Waals surface area contributed by atoms with Crippen molar-refractivity contribution in [3.05, 3.63) is 10.6 Å². The van der Waals surface area contributed by atoms with Crippen molar-refractivity contribution >= 4 is 16.5 Å². The molecule has 0 bridgehead atoms. The molecule has 1 aliphatic heterocycles. The zero-order valence-electron chi connectivity index (χ0n) is 12.3. The summed E-state index contributed by atoms with van der Waals surface area (Å²) in [6.45, 7) is 11.1. The maximum atomic E-state index is 5.87. The molecule has 108 valence electrons. The lowest BCUT2D eigenvalue weighted by Gasteiger charge is -2.35. The van der Waals surface area contributed by atoms with Crippen LogP contribution in [-0.4, -0.2) is 30.3 Å². The molecule has 2 heterocycles. The van der Waals surface area contributed by atoms with Crippen LogP contribution in [0.3, 0.4) is 0 Å². The van der Waals surface area contributed by atoms with Crippen LogP contribution in [-0.2, 0) is 11.3 Å². The number of nitrogens with zero attached hydrogens (tertiary/aromatic N) is 2. The van der Waals surface area contributed by atoms with Gasteiger partial charge in [0.1, 0.15) is 0 Å². The molecule has 1 saturated heterocycles. The van der Waals surface area contributed by atoms with Crippen molar-refractivity contribution in [3.8, 4) is 0 Å². The topological polar surface area (TPSA) is 51.4 Å². The molecule has 1 aromatic rings. The summed E-state index contributed by atoms with van der Waals surface area (Å²) in [5.41, 5.74) is 7.06. The average Bonchev–Trinajstić information content (AvgIpc) is 2.80. The Bertz CT molecular complexity index is 411. The van der Waals surface area contributed by atoms with Gasteiger partial charge in [-0.25, -0.2) is 4.98 Å². The molecule has 0 amide bonds. The lowest BCUT2D eigenvalue weighted by molar-refractivity contribution is -0.00523. The number of hydrogen-bond acceptors (Lipinski definition) is 5. The van der Waals surface area contributed by atoms with Crippen LogP contribution < -0.4 is 10.6 Å². The molecule has 1 aromatic heterocycles. The van der Waals surface area contributed by atoms with E-state index in [4.69, 9.17) is 15.5 Å². The van der Waals surface area contributed by atoms with Crippen LogP contribution in [0.2, 0.25) is 0 Å². The summed E-state index contributed by atoms with van der Waals surface area (Å²) in [5, 5.41) is 1.11. The highest BCUT2D eigenvalue weighted by Crippen LogP contribution is 2.33. The number of thiazole rings is 1. The molecule has 5 heteroatoms. The highest BCUT2D eigenvalue weighted by molar-refractivity contribution is 7.15. The first-order valence-electron chi connectivity index (χ1n) is 7.15. The largest absolute Gasteiger partial charge is 0.372 e. The number of anilines is 1. The second-order valence-electron chi connectivity index (χ2n) is 5.48. The normalized spacial score (nSPS) is 25.6. The molecule has 0 aromatic carbocycles. The van der Waals surface area contributed by atoms with E-state index in [9.17, 15) is 0 Å². The van der Waals surface area contributed by atoms with Crippen molar-refractivity contribution < 1.29 is 4.74 Å². The number of nitrogens with two attached hydrogens (primary N) is 1. The minimum absolute atomic E-state index is 0.265. The molecule has 3 unspecified atom stereocenters. The highest BCUT2D eigenvalue weighted by Gasteiger charge is 2.26. The van der Waals surface area contributed by atoms with Gasteiger partial charge in [-0.3, -0.25) is 0 Å². The Morgan fingerprint density at radius 2 is 2.05 bits per heavy atom. The quantitative estimate of drug-likeness (QED) is 0.923. The fourth-order valence-corrected chi connectivity index (χ4v) is 3.62. The van der Waals surface area contributed by atoms with Crippen LogP contribution in [0.4, 0.5) is 5.13 Å². The van der Waals surface area contributed by atoms with E-state index in [1.165, 1.54) is 10.6 Å². The predicted molar refractivity (Wildman–Crippen MR) is 80.9 cm³/mol. The van der Waals surface area contributed by atoms with Crippen LogP contribution in [0.15, 0.2) is 0 Å². The van der Waals surface area contributed by atoms with Crippen molar-refractivity contribution in [2.75, 3.05) is 18.0 Å². The lowest BCUT2D eigenvalue weighted by atomic mass is 10.0. The molecule has 1 fully saturated rings. The molecular weight excluding hydrogens is 258 g/mol. The lowest BCUT2D eigenvalue weighted by Crippen LogP contribution is -2.45. The summed E-state index contributed by atoms with van der Waals surface area (Å²) >= 11 is 1.75. The molecule has 3 atom stereocenters. The minimum atomic E-state index is 0.265. The van der Waals surface area contributed by atoms with Gasteiger partial charge in [0, 0.05) is 24.5 Å². The van der Waals surface area contributed by atoms with Crippen LogP contribution in [0, 0.1) is 0 Å². The smallest absolute Gasteiger partial charge is 0.186 e. The van der Waals surface area contributed by atoms with Crippen molar-refractivity contribution in [3.63, 3.8) is 0 Å². The third-order valence-corrected chi connectivity index (χ3v) is 4.83. The molecule has 0 radical (unpaired) electrons. The monoisotopic (exact) mass is 283 g/mol. The Kier molecular flexibility index (Phi) is 4.81. The van der Waals surface area contributed by atoms with E-state index in [0.717, 1.165) is 24.6 Å². The first-order chi connectivity index (χ1) is 9.05. The maximum Gasteiger partial charge on any atom is 0.186 e. The first kappa shape index (κ1) is 14.8. The zero-order chi connectivity index (χ0) is 14.0. The van der Waals surface area contributed by atoms with Gasteiger partial charge in [-0.2, -0.15) is 0 Å². The summed E-state index contributed by atoms with van der Waals surface area (Å²) in [5.74, 6) is 0.486. The summed E-state index contributed by atoms with van der Waals surface area (Å²) in [6.07, 6.45) is 1.63. The molecule has 0 aliphatic carbocycles. The summed E-state index contributed by atoms with van der Waals surface area (Å²) < 4.78 is 5.78. The van der Waals surface area contributed by atoms with Crippen LogP contribution in [0.5, 0.6) is 0 Å². The number of hydrogen-bond donors (Lipinski definition) is 1. The summed E-state index contributed by atoms with van der Waals surface area (Å²) in [4.78, 5) is 8.43. The predicted octanol–water partition coefficient (Wildman–Crippen LogP) is 2.73. The Morgan fingerprint density at radius 3 is 2.58 bits per heavy atom. The van der Waals surface area contributed by atoms with E-state index in [2.05, 4.69) is 32.6 Å². The number of morpholine rings is 1. The maximum absolute atomic E-state index is 5.87. The molecule has 2 rings (SSSR count). The van der Waals surface area contributed by atoms with Gasteiger partial charge in [0.05, 0.1) is 17.9 Å². The van der Waals surface area contributed by atoms with Crippen molar-refractivity contribution in [2.45, 2.75) is 58.8 Å². The van der Waals surface area contributed by atoms with E-state index in [1.54, 1.807) is 11.3 Å².